The Morgan fingerprint density at radius 2 is 1.26 bits per heavy atom. The fourth-order valence-corrected chi connectivity index (χ4v) is 2.00. The van der Waals surface area contributed by atoms with E-state index in [4.69, 9.17) is 21.1 Å². The van der Waals surface area contributed by atoms with Crippen molar-refractivity contribution in [3.05, 3.63) is 59.6 Å². The summed E-state index contributed by atoms with van der Waals surface area (Å²) in [6.45, 7) is 7.20. The molecular formula is C20H25ClN2O4. The molecule has 6 nitrogen and oxygen atoms in total. The molecule has 2 aromatic carbocycles. The van der Waals surface area contributed by atoms with Crippen LogP contribution in [0, 0.1) is 0 Å². The van der Waals surface area contributed by atoms with Crippen molar-refractivity contribution >= 4 is 35.2 Å². The maximum absolute atomic E-state index is 11.2. The summed E-state index contributed by atoms with van der Waals surface area (Å²) in [7, 11) is 0. The highest BCUT2D eigenvalue weighted by Gasteiger charge is 2.05. The van der Waals surface area contributed by atoms with Gasteiger partial charge >= 0.3 is 12.2 Å². The minimum Gasteiger partial charge on any atom is -0.447 e. The van der Waals surface area contributed by atoms with Gasteiger partial charge in [-0.1, -0.05) is 35.9 Å². The first kappa shape index (κ1) is 22.3. The fraction of sp³-hybridized carbons (Fsp3) is 0.300. The Balaban J connectivity index is 0.000000271. The molecule has 2 amide bonds. The third-order valence-electron chi connectivity index (χ3n) is 2.78. The quantitative estimate of drug-likeness (QED) is 0.674. The number of hydrogen-bond donors (Lipinski definition) is 2. The number of nitrogens with one attached hydrogen (secondary N) is 2. The topological polar surface area (TPSA) is 76.7 Å². The second-order valence-electron chi connectivity index (χ2n) is 6.03. The highest BCUT2D eigenvalue weighted by atomic mass is 35.5. The monoisotopic (exact) mass is 392 g/mol. The third-order valence-corrected chi connectivity index (χ3v) is 3.01. The average molecular weight is 393 g/mol. The molecule has 0 spiro atoms. The van der Waals surface area contributed by atoms with E-state index < -0.39 is 12.2 Å². The van der Waals surface area contributed by atoms with E-state index in [0.717, 1.165) is 5.69 Å². The van der Waals surface area contributed by atoms with Crippen molar-refractivity contribution in [1.29, 1.82) is 0 Å². The van der Waals surface area contributed by atoms with Crippen LogP contribution in [0.15, 0.2) is 54.6 Å². The maximum atomic E-state index is 11.2. The number of halogens is 1. The molecule has 0 aliphatic rings. The molecule has 0 aromatic heterocycles. The van der Waals surface area contributed by atoms with Gasteiger partial charge in [0.05, 0.1) is 12.2 Å². The van der Waals surface area contributed by atoms with Crippen LogP contribution in [0.3, 0.4) is 0 Å². The van der Waals surface area contributed by atoms with Crippen LogP contribution in [-0.4, -0.2) is 24.4 Å². The number of carbonyl (C=O) groups excluding carboxylic acids is 2. The molecule has 0 bridgehead atoms. The van der Waals surface area contributed by atoms with Crippen molar-refractivity contribution in [2.24, 2.45) is 0 Å². The minimum atomic E-state index is -0.470. The van der Waals surface area contributed by atoms with E-state index >= 15 is 0 Å². The number of benzene rings is 2. The van der Waals surface area contributed by atoms with E-state index in [2.05, 4.69) is 10.6 Å². The van der Waals surface area contributed by atoms with Crippen LogP contribution in [-0.2, 0) is 9.47 Å². The predicted molar refractivity (Wildman–Crippen MR) is 108 cm³/mol. The Morgan fingerprint density at radius 1 is 0.778 bits per heavy atom. The number of para-hydroxylation sites is 1. The molecular weight excluding hydrogens is 368 g/mol. The van der Waals surface area contributed by atoms with Gasteiger partial charge in [-0.3, -0.25) is 10.6 Å². The second kappa shape index (κ2) is 11.8. The van der Waals surface area contributed by atoms with Gasteiger partial charge in [-0.25, -0.2) is 9.59 Å². The zero-order valence-corrected chi connectivity index (χ0v) is 16.6. The van der Waals surface area contributed by atoms with Crippen molar-refractivity contribution in [3.8, 4) is 0 Å². The van der Waals surface area contributed by atoms with Crippen LogP contribution in [0.1, 0.15) is 27.7 Å². The fourth-order valence-electron chi connectivity index (χ4n) is 1.81. The summed E-state index contributed by atoms with van der Waals surface area (Å²) in [5, 5.41) is 5.76. The molecule has 0 fully saturated rings. The average Bonchev–Trinajstić information content (AvgIpc) is 2.54. The number of anilines is 2. The number of carbonyl (C=O) groups is 2. The van der Waals surface area contributed by atoms with Crippen LogP contribution in [0.4, 0.5) is 21.0 Å². The smallest absolute Gasteiger partial charge is 0.411 e. The number of ether oxygens (including phenoxy) is 2. The molecule has 0 saturated heterocycles. The van der Waals surface area contributed by atoms with Gasteiger partial charge < -0.3 is 9.47 Å². The minimum absolute atomic E-state index is 0.0938. The lowest BCUT2D eigenvalue weighted by Gasteiger charge is -2.09. The number of hydrogen-bond acceptors (Lipinski definition) is 4. The lowest BCUT2D eigenvalue weighted by atomic mass is 10.3. The first-order valence-electron chi connectivity index (χ1n) is 8.52. The van der Waals surface area contributed by atoms with E-state index in [0.29, 0.717) is 10.7 Å². The van der Waals surface area contributed by atoms with Gasteiger partial charge in [-0.15, -0.1) is 0 Å². The van der Waals surface area contributed by atoms with Crippen molar-refractivity contribution in [3.63, 3.8) is 0 Å². The van der Waals surface area contributed by atoms with E-state index in [1.54, 1.807) is 38.1 Å². The molecule has 27 heavy (non-hydrogen) atoms. The van der Waals surface area contributed by atoms with Gasteiger partial charge in [0.25, 0.3) is 0 Å². The Hall–Kier alpha value is -2.73. The van der Waals surface area contributed by atoms with Crippen LogP contribution < -0.4 is 10.6 Å². The van der Waals surface area contributed by atoms with Crippen molar-refractivity contribution in [2.45, 2.75) is 39.9 Å². The highest BCUT2D eigenvalue weighted by Crippen LogP contribution is 2.15. The standard InChI is InChI=1S/C10H12ClNO2.C10H13NO2/c1-7(2)14-10(13)12-9-5-3-4-8(11)6-9;1-8(2)13-10(12)11-9-6-4-3-5-7-9/h3-7H,1-2H3,(H,12,13);3-8H,1-2H3,(H,11,12). The molecule has 2 rings (SSSR count). The van der Waals surface area contributed by atoms with Gasteiger partial charge in [-0.2, -0.15) is 0 Å². The summed E-state index contributed by atoms with van der Waals surface area (Å²) >= 11 is 5.74. The van der Waals surface area contributed by atoms with E-state index in [1.165, 1.54) is 0 Å². The normalized spacial score (nSPS) is 9.89. The molecule has 0 saturated carbocycles. The molecule has 7 heteroatoms. The number of amides is 2. The highest BCUT2D eigenvalue weighted by molar-refractivity contribution is 6.30. The second-order valence-corrected chi connectivity index (χ2v) is 6.47. The van der Waals surface area contributed by atoms with Crippen molar-refractivity contribution in [1.82, 2.24) is 0 Å². The molecule has 0 unspecified atom stereocenters. The van der Waals surface area contributed by atoms with Gasteiger partial charge in [0, 0.05) is 16.4 Å². The molecule has 0 aliphatic carbocycles. The zero-order chi connectivity index (χ0) is 20.2. The molecule has 0 atom stereocenters. The van der Waals surface area contributed by atoms with Crippen molar-refractivity contribution < 1.29 is 19.1 Å². The third kappa shape index (κ3) is 10.8. The largest absolute Gasteiger partial charge is 0.447 e. The van der Waals surface area contributed by atoms with Crippen LogP contribution >= 0.6 is 11.6 Å². The summed E-state index contributed by atoms with van der Waals surface area (Å²) in [5.74, 6) is 0. The molecule has 146 valence electrons. The Labute approximate surface area is 164 Å². The summed E-state index contributed by atoms with van der Waals surface area (Å²) in [6, 6.07) is 16.1. The van der Waals surface area contributed by atoms with Gasteiger partial charge in [0.15, 0.2) is 0 Å². The maximum Gasteiger partial charge on any atom is 0.411 e. The Morgan fingerprint density at radius 3 is 1.74 bits per heavy atom. The van der Waals surface area contributed by atoms with E-state index in [-0.39, 0.29) is 12.2 Å². The van der Waals surface area contributed by atoms with E-state index in [1.807, 2.05) is 44.2 Å². The van der Waals surface area contributed by atoms with Crippen LogP contribution in [0.5, 0.6) is 0 Å². The van der Waals surface area contributed by atoms with Crippen LogP contribution in [0.2, 0.25) is 5.02 Å². The predicted octanol–water partition coefficient (Wildman–Crippen LogP) is 5.94. The molecule has 0 heterocycles. The summed E-state index contributed by atoms with van der Waals surface area (Å²) < 4.78 is 9.80. The Bertz CT molecular complexity index is 721. The van der Waals surface area contributed by atoms with E-state index in [9.17, 15) is 9.59 Å². The molecule has 2 aromatic rings. The molecule has 2 N–H and O–H groups in total. The van der Waals surface area contributed by atoms with Gasteiger partial charge in [0.2, 0.25) is 0 Å². The lowest BCUT2D eigenvalue weighted by Crippen LogP contribution is -2.17. The zero-order valence-electron chi connectivity index (χ0n) is 15.9. The number of rotatable bonds is 4. The SMILES string of the molecule is CC(C)OC(=O)Nc1cccc(Cl)c1.CC(C)OC(=O)Nc1ccccc1. The summed E-state index contributed by atoms with van der Waals surface area (Å²) in [5.41, 5.74) is 1.37. The lowest BCUT2D eigenvalue weighted by molar-refractivity contribution is 0.129. The van der Waals surface area contributed by atoms with Gasteiger partial charge in [0.1, 0.15) is 0 Å². The van der Waals surface area contributed by atoms with Crippen LogP contribution in [0.25, 0.3) is 0 Å². The molecule has 0 aliphatic heterocycles. The first-order chi connectivity index (χ1) is 12.8. The first-order valence-corrected chi connectivity index (χ1v) is 8.90. The Kier molecular flexibility index (Phi) is 9.75. The summed E-state index contributed by atoms with van der Waals surface area (Å²) in [6.07, 6.45) is -1.11. The summed E-state index contributed by atoms with van der Waals surface area (Å²) in [4.78, 5) is 22.2. The molecule has 0 radical (unpaired) electrons. The van der Waals surface area contributed by atoms with Crippen molar-refractivity contribution in [2.75, 3.05) is 10.6 Å². The van der Waals surface area contributed by atoms with Gasteiger partial charge in [-0.05, 0) is 58.0 Å².